The van der Waals surface area contributed by atoms with Crippen molar-refractivity contribution in [2.24, 2.45) is 5.92 Å². The molecule has 4 nitrogen and oxygen atoms in total. The van der Waals surface area contributed by atoms with Gasteiger partial charge in [0.2, 0.25) is 5.91 Å². The Morgan fingerprint density at radius 3 is 2.37 bits per heavy atom. The summed E-state index contributed by atoms with van der Waals surface area (Å²) in [6, 6.07) is 22.8. The number of hydrogen-bond acceptors (Lipinski definition) is 3. The highest BCUT2D eigenvalue weighted by Crippen LogP contribution is 2.25. The molecule has 4 heteroatoms. The largest absolute Gasteiger partial charge is 0.357 e. The molecule has 2 heterocycles. The summed E-state index contributed by atoms with van der Waals surface area (Å²) in [6.07, 6.45) is 5.67. The molecule has 0 aliphatic carbocycles. The fourth-order valence-corrected chi connectivity index (χ4v) is 4.06. The van der Waals surface area contributed by atoms with Gasteiger partial charge in [0.15, 0.2) is 0 Å². The number of carbonyl (C=O) groups excluding carboxylic acids is 1. The molecule has 1 aliphatic heterocycles. The first-order valence-corrected chi connectivity index (χ1v) is 10.8. The molecule has 1 aliphatic rings. The van der Waals surface area contributed by atoms with E-state index in [1.165, 1.54) is 24.0 Å². The Bertz CT molecular complexity index is 944. The van der Waals surface area contributed by atoms with Gasteiger partial charge in [0.1, 0.15) is 5.82 Å². The van der Waals surface area contributed by atoms with Gasteiger partial charge >= 0.3 is 0 Å². The van der Waals surface area contributed by atoms with E-state index in [1.54, 1.807) is 6.20 Å². The van der Waals surface area contributed by atoms with E-state index in [2.05, 4.69) is 45.5 Å². The van der Waals surface area contributed by atoms with Crippen molar-refractivity contribution in [2.75, 3.05) is 23.3 Å². The highest BCUT2D eigenvalue weighted by molar-refractivity contribution is 5.92. The van der Waals surface area contributed by atoms with Gasteiger partial charge in [0.05, 0.1) is 18.3 Å². The third kappa shape index (κ3) is 5.47. The number of carbonyl (C=O) groups is 1. The molecule has 3 aromatic rings. The molecule has 0 unspecified atom stereocenters. The fraction of sp³-hybridized carbons (Fsp3) is 0.308. The Hall–Kier alpha value is -3.14. The molecular formula is C26H29N3O. The fourth-order valence-electron chi connectivity index (χ4n) is 4.06. The van der Waals surface area contributed by atoms with Gasteiger partial charge in [-0.15, -0.1) is 0 Å². The van der Waals surface area contributed by atoms with Crippen molar-refractivity contribution in [3.63, 3.8) is 0 Å². The molecule has 0 radical (unpaired) electrons. The molecule has 1 aromatic heterocycles. The second-order valence-electron chi connectivity index (χ2n) is 8.24. The lowest BCUT2D eigenvalue weighted by Crippen LogP contribution is -2.34. The van der Waals surface area contributed by atoms with Crippen LogP contribution in [0.2, 0.25) is 0 Å². The lowest BCUT2D eigenvalue weighted by Gasteiger charge is -2.33. The Kier molecular flexibility index (Phi) is 6.43. The van der Waals surface area contributed by atoms with Crippen LogP contribution in [-0.2, 0) is 17.6 Å². The van der Waals surface area contributed by atoms with E-state index in [0.717, 1.165) is 42.5 Å². The zero-order valence-corrected chi connectivity index (χ0v) is 17.6. The van der Waals surface area contributed by atoms with Crippen LogP contribution in [0.15, 0.2) is 72.9 Å². The van der Waals surface area contributed by atoms with E-state index in [0.29, 0.717) is 6.42 Å². The molecule has 1 fully saturated rings. The minimum Gasteiger partial charge on any atom is -0.357 e. The highest BCUT2D eigenvalue weighted by atomic mass is 16.1. The van der Waals surface area contributed by atoms with Gasteiger partial charge < -0.3 is 10.2 Å². The van der Waals surface area contributed by atoms with Gasteiger partial charge in [-0.1, -0.05) is 60.2 Å². The lowest BCUT2D eigenvalue weighted by atomic mass is 9.90. The Morgan fingerprint density at radius 2 is 1.70 bits per heavy atom. The molecule has 154 valence electrons. The zero-order valence-electron chi connectivity index (χ0n) is 17.6. The second-order valence-corrected chi connectivity index (χ2v) is 8.24. The molecule has 0 atom stereocenters. The van der Waals surface area contributed by atoms with Crippen molar-refractivity contribution in [1.29, 1.82) is 0 Å². The number of rotatable bonds is 6. The van der Waals surface area contributed by atoms with Crippen LogP contribution in [0.1, 0.15) is 29.5 Å². The summed E-state index contributed by atoms with van der Waals surface area (Å²) in [5, 5.41) is 2.95. The van der Waals surface area contributed by atoms with Crippen molar-refractivity contribution >= 4 is 17.4 Å². The minimum atomic E-state index is -0.0184. The first-order valence-electron chi connectivity index (χ1n) is 10.8. The smallest absolute Gasteiger partial charge is 0.228 e. The summed E-state index contributed by atoms with van der Waals surface area (Å²) in [4.78, 5) is 19.2. The van der Waals surface area contributed by atoms with Crippen LogP contribution >= 0.6 is 0 Å². The highest BCUT2D eigenvalue weighted by Gasteiger charge is 2.20. The first kappa shape index (κ1) is 20.1. The normalized spacial score (nSPS) is 14.5. The SMILES string of the molecule is Cc1ccc(CC(=O)Nc2ccc(N3CCC(Cc4ccccc4)CC3)nc2)cc1. The van der Waals surface area contributed by atoms with Crippen LogP contribution in [0.3, 0.4) is 0 Å². The quantitative estimate of drug-likeness (QED) is 0.632. The van der Waals surface area contributed by atoms with E-state index in [1.807, 2.05) is 43.3 Å². The average molecular weight is 400 g/mol. The maximum atomic E-state index is 12.3. The van der Waals surface area contributed by atoms with Crippen molar-refractivity contribution in [3.8, 4) is 0 Å². The number of amides is 1. The van der Waals surface area contributed by atoms with E-state index in [-0.39, 0.29) is 5.91 Å². The second kappa shape index (κ2) is 9.57. The van der Waals surface area contributed by atoms with Crippen LogP contribution in [-0.4, -0.2) is 24.0 Å². The summed E-state index contributed by atoms with van der Waals surface area (Å²) in [5.74, 6) is 1.71. The van der Waals surface area contributed by atoms with Crippen LogP contribution in [0.25, 0.3) is 0 Å². The van der Waals surface area contributed by atoms with Crippen LogP contribution in [0.4, 0.5) is 11.5 Å². The average Bonchev–Trinajstić information content (AvgIpc) is 2.77. The van der Waals surface area contributed by atoms with Gasteiger partial charge in [0.25, 0.3) is 0 Å². The number of hydrogen-bond donors (Lipinski definition) is 1. The maximum absolute atomic E-state index is 12.3. The molecule has 4 rings (SSSR count). The number of nitrogens with zero attached hydrogens (tertiary/aromatic N) is 2. The first-order chi connectivity index (χ1) is 14.7. The summed E-state index contributed by atoms with van der Waals surface area (Å²) in [7, 11) is 0. The molecule has 1 saturated heterocycles. The summed E-state index contributed by atoms with van der Waals surface area (Å²) >= 11 is 0. The Labute approximate surface area is 179 Å². The monoisotopic (exact) mass is 399 g/mol. The number of benzene rings is 2. The minimum absolute atomic E-state index is 0.0184. The van der Waals surface area contributed by atoms with Crippen LogP contribution < -0.4 is 10.2 Å². The van der Waals surface area contributed by atoms with Crippen molar-refractivity contribution in [3.05, 3.63) is 89.6 Å². The molecule has 1 amide bonds. The molecule has 1 N–H and O–H groups in total. The van der Waals surface area contributed by atoms with Crippen molar-refractivity contribution in [2.45, 2.75) is 32.6 Å². The number of anilines is 2. The van der Waals surface area contributed by atoms with E-state index >= 15 is 0 Å². The van der Waals surface area contributed by atoms with Crippen LogP contribution in [0, 0.1) is 12.8 Å². The third-order valence-electron chi connectivity index (χ3n) is 5.82. The van der Waals surface area contributed by atoms with Gasteiger partial charge in [-0.05, 0) is 55.4 Å². The van der Waals surface area contributed by atoms with Crippen molar-refractivity contribution < 1.29 is 4.79 Å². The van der Waals surface area contributed by atoms with E-state index in [9.17, 15) is 4.79 Å². The van der Waals surface area contributed by atoms with E-state index in [4.69, 9.17) is 0 Å². The van der Waals surface area contributed by atoms with Gasteiger partial charge in [-0.25, -0.2) is 4.98 Å². The molecule has 2 aromatic carbocycles. The number of aryl methyl sites for hydroxylation is 1. The van der Waals surface area contributed by atoms with Gasteiger partial charge in [-0.3, -0.25) is 4.79 Å². The summed E-state index contributed by atoms with van der Waals surface area (Å²) < 4.78 is 0. The topological polar surface area (TPSA) is 45.2 Å². The zero-order chi connectivity index (χ0) is 20.8. The van der Waals surface area contributed by atoms with Gasteiger partial charge in [-0.2, -0.15) is 0 Å². The maximum Gasteiger partial charge on any atom is 0.228 e. The standard InChI is InChI=1S/C26H29N3O/c1-20-7-9-22(10-8-20)18-26(30)28-24-11-12-25(27-19-24)29-15-13-23(14-16-29)17-21-5-3-2-4-6-21/h2-12,19,23H,13-18H2,1H3,(H,28,30). The summed E-state index contributed by atoms with van der Waals surface area (Å²) in [5.41, 5.74) is 4.39. The third-order valence-corrected chi connectivity index (χ3v) is 5.82. The predicted octanol–water partition coefficient (Wildman–Crippen LogP) is 5.03. The molecule has 0 bridgehead atoms. The molecular weight excluding hydrogens is 370 g/mol. The molecule has 0 saturated carbocycles. The van der Waals surface area contributed by atoms with Gasteiger partial charge in [0, 0.05) is 13.1 Å². The predicted molar refractivity (Wildman–Crippen MR) is 123 cm³/mol. The molecule has 0 spiro atoms. The number of aromatic nitrogens is 1. The number of piperidine rings is 1. The van der Waals surface area contributed by atoms with Crippen LogP contribution in [0.5, 0.6) is 0 Å². The Balaban J connectivity index is 1.26. The number of nitrogens with one attached hydrogen (secondary N) is 1. The van der Waals surface area contributed by atoms with Crippen molar-refractivity contribution in [1.82, 2.24) is 4.98 Å². The number of pyridine rings is 1. The lowest BCUT2D eigenvalue weighted by molar-refractivity contribution is -0.115. The summed E-state index contributed by atoms with van der Waals surface area (Å²) in [6.45, 7) is 4.11. The molecule has 30 heavy (non-hydrogen) atoms. The van der Waals surface area contributed by atoms with E-state index < -0.39 is 0 Å². The Morgan fingerprint density at radius 1 is 0.967 bits per heavy atom.